The molecule has 138 valence electrons. The molecule has 0 radical (unpaired) electrons. The summed E-state index contributed by atoms with van der Waals surface area (Å²) < 4.78 is 34.4. The van der Waals surface area contributed by atoms with E-state index in [2.05, 4.69) is 5.43 Å². The summed E-state index contributed by atoms with van der Waals surface area (Å²) in [6.07, 6.45) is 0. The number of ether oxygens (including phenoxy) is 2. The quantitative estimate of drug-likeness (QED) is 0.543. The molecule has 10 nitrogen and oxygen atoms in total. The molecule has 0 fully saturated rings. The average molecular weight is 381 g/mol. The average Bonchev–Trinajstić information content (AvgIpc) is 2.65. The van der Waals surface area contributed by atoms with Gasteiger partial charge in [-0.1, -0.05) is 0 Å². The molecule has 26 heavy (non-hydrogen) atoms. The number of carbonyl (C=O) groups is 1. The number of hydrogen-bond acceptors (Lipinski definition) is 7. The summed E-state index contributed by atoms with van der Waals surface area (Å²) >= 11 is 0. The molecule has 0 bridgehead atoms. The van der Waals surface area contributed by atoms with Crippen molar-refractivity contribution in [1.29, 1.82) is 0 Å². The Bertz CT molecular complexity index is 905. The van der Waals surface area contributed by atoms with Gasteiger partial charge in [-0.05, 0) is 24.3 Å². The summed E-state index contributed by atoms with van der Waals surface area (Å²) in [6.45, 7) is 0. The van der Waals surface area contributed by atoms with E-state index in [1.54, 1.807) is 6.07 Å². The number of nitro benzene ring substituents is 1. The van der Waals surface area contributed by atoms with Gasteiger partial charge in [0.25, 0.3) is 21.6 Å². The van der Waals surface area contributed by atoms with Crippen molar-refractivity contribution in [1.82, 2.24) is 10.3 Å². The lowest BCUT2D eigenvalue weighted by Gasteiger charge is -2.10. The molecule has 1 amide bonds. The standard InChI is InChI=1S/C15H15N3O7S/c1-24-12-7-10(8-13(9-12)25-2)15(19)16-17-26(22,23)14-5-3-11(4-6-14)18(20)21/h3-9,17H,1-2H3,(H,16,19). The fourth-order valence-corrected chi connectivity index (χ4v) is 2.77. The Balaban J connectivity index is 2.14. The topological polar surface area (TPSA) is 137 Å². The summed E-state index contributed by atoms with van der Waals surface area (Å²) in [5.41, 5.74) is 1.91. The number of carbonyl (C=O) groups excluding carboxylic acids is 1. The lowest BCUT2D eigenvalue weighted by Crippen LogP contribution is -2.41. The van der Waals surface area contributed by atoms with Crippen molar-refractivity contribution in [2.45, 2.75) is 4.90 Å². The van der Waals surface area contributed by atoms with Gasteiger partial charge in [0.05, 0.1) is 24.0 Å². The Morgan fingerprint density at radius 2 is 1.58 bits per heavy atom. The van der Waals surface area contributed by atoms with E-state index in [0.29, 0.717) is 11.5 Å². The number of hydrogen-bond donors (Lipinski definition) is 2. The van der Waals surface area contributed by atoms with Gasteiger partial charge in [-0.25, -0.2) is 8.42 Å². The molecule has 0 aromatic heterocycles. The lowest BCUT2D eigenvalue weighted by atomic mass is 10.2. The van der Waals surface area contributed by atoms with Crippen LogP contribution >= 0.6 is 0 Å². The van der Waals surface area contributed by atoms with Crippen molar-refractivity contribution in [3.63, 3.8) is 0 Å². The van der Waals surface area contributed by atoms with Crippen LogP contribution < -0.4 is 19.7 Å². The minimum absolute atomic E-state index is 0.104. The van der Waals surface area contributed by atoms with Crippen LogP contribution in [-0.2, 0) is 10.0 Å². The fraction of sp³-hybridized carbons (Fsp3) is 0.133. The Kier molecular flexibility index (Phi) is 5.75. The first-order valence-electron chi connectivity index (χ1n) is 7.06. The third-order valence-corrected chi connectivity index (χ3v) is 4.53. The molecular formula is C15H15N3O7S. The SMILES string of the molecule is COc1cc(OC)cc(C(=O)NNS(=O)(=O)c2ccc([N+](=O)[O-])cc2)c1. The van der Waals surface area contributed by atoms with Gasteiger partial charge in [0, 0.05) is 23.8 Å². The largest absolute Gasteiger partial charge is 0.497 e. The molecule has 2 rings (SSSR count). The van der Waals surface area contributed by atoms with Gasteiger partial charge < -0.3 is 9.47 Å². The van der Waals surface area contributed by atoms with Crippen LogP contribution in [0.1, 0.15) is 10.4 Å². The monoisotopic (exact) mass is 381 g/mol. The minimum Gasteiger partial charge on any atom is -0.497 e. The number of non-ortho nitro benzene ring substituents is 1. The van der Waals surface area contributed by atoms with E-state index in [0.717, 1.165) is 24.3 Å². The number of nitro groups is 1. The second-order valence-electron chi connectivity index (χ2n) is 4.91. The highest BCUT2D eigenvalue weighted by atomic mass is 32.2. The smallest absolute Gasteiger partial charge is 0.269 e. The molecule has 2 aromatic carbocycles. The van der Waals surface area contributed by atoms with Crippen molar-refractivity contribution in [2.75, 3.05) is 14.2 Å². The molecule has 0 aliphatic heterocycles. The Morgan fingerprint density at radius 3 is 2.04 bits per heavy atom. The van der Waals surface area contributed by atoms with E-state index in [1.807, 2.05) is 4.83 Å². The highest BCUT2D eigenvalue weighted by Crippen LogP contribution is 2.22. The van der Waals surface area contributed by atoms with Crippen LogP contribution in [-0.4, -0.2) is 33.5 Å². The van der Waals surface area contributed by atoms with Crippen LogP contribution in [0.25, 0.3) is 0 Å². The number of hydrazine groups is 1. The van der Waals surface area contributed by atoms with E-state index in [4.69, 9.17) is 9.47 Å². The van der Waals surface area contributed by atoms with Gasteiger partial charge in [0.1, 0.15) is 11.5 Å². The normalized spacial score (nSPS) is 10.8. The third-order valence-electron chi connectivity index (χ3n) is 3.27. The molecule has 0 saturated carbocycles. The number of benzene rings is 2. The van der Waals surface area contributed by atoms with Gasteiger partial charge in [0.2, 0.25) is 0 Å². The Hall–Kier alpha value is -3.18. The van der Waals surface area contributed by atoms with Crippen LogP contribution in [0.15, 0.2) is 47.4 Å². The highest BCUT2D eigenvalue weighted by Gasteiger charge is 2.18. The number of nitrogens with zero attached hydrogens (tertiary/aromatic N) is 1. The molecular weight excluding hydrogens is 366 g/mol. The third kappa shape index (κ3) is 4.46. The Morgan fingerprint density at radius 1 is 1.04 bits per heavy atom. The maximum atomic E-state index is 12.2. The number of nitrogens with one attached hydrogen (secondary N) is 2. The van der Waals surface area contributed by atoms with Crippen LogP contribution in [0.2, 0.25) is 0 Å². The summed E-state index contributed by atoms with van der Waals surface area (Å²) in [5, 5.41) is 10.6. The van der Waals surface area contributed by atoms with Crippen molar-refractivity contribution in [3.8, 4) is 11.5 Å². The zero-order valence-corrected chi connectivity index (χ0v) is 14.6. The van der Waals surface area contributed by atoms with Crippen LogP contribution in [0, 0.1) is 10.1 Å². The molecule has 0 atom stereocenters. The zero-order valence-electron chi connectivity index (χ0n) is 13.8. The van der Waals surface area contributed by atoms with E-state index in [9.17, 15) is 23.3 Å². The van der Waals surface area contributed by atoms with Crippen LogP contribution in [0.5, 0.6) is 11.5 Å². The maximum absolute atomic E-state index is 12.2. The second kappa shape index (κ2) is 7.80. The molecule has 0 spiro atoms. The van der Waals surface area contributed by atoms with E-state index in [1.165, 1.54) is 26.4 Å². The van der Waals surface area contributed by atoms with Gasteiger partial charge in [0.15, 0.2) is 0 Å². The first kappa shape index (κ1) is 19.1. The number of amides is 1. The molecule has 0 saturated heterocycles. The van der Waals surface area contributed by atoms with E-state index in [-0.39, 0.29) is 16.1 Å². The van der Waals surface area contributed by atoms with Gasteiger partial charge in [-0.3, -0.25) is 20.3 Å². The number of rotatable bonds is 7. The summed E-state index contributed by atoms with van der Waals surface area (Å²) in [4.78, 5) is 23.8. The predicted molar refractivity (Wildman–Crippen MR) is 90.4 cm³/mol. The van der Waals surface area contributed by atoms with Crippen molar-refractivity contribution in [2.24, 2.45) is 0 Å². The lowest BCUT2D eigenvalue weighted by molar-refractivity contribution is -0.384. The number of sulfonamides is 1. The molecule has 2 N–H and O–H groups in total. The summed E-state index contributed by atoms with van der Waals surface area (Å²) in [6, 6.07) is 8.56. The van der Waals surface area contributed by atoms with Crippen molar-refractivity contribution in [3.05, 3.63) is 58.1 Å². The molecule has 0 aliphatic rings. The van der Waals surface area contributed by atoms with E-state index < -0.39 is 20.9 Å². The first-order valence-corrected chi connectivity index (χ1v) is 8.55. The maximum Gasteiger partial charge on any atom is 0.269 e. The Labute approximate surface area is 148 Å². The molecule has 0 unspecified atom stereocenters. The second-order valence-corrected chi connectivity index (χ2v) is 6.59. The zero-order chi connectivity index (χ0) is 19.3. The van der Waals surface area contributed by atoms with Crippen LogP contribution in [0.3, 0.4) is 0 Å². The van der Waals surface area contributed by atoms with Crippen molar-refractivity contribution < 1.29 is 27.6 Å². The van der Waals surface area contributed by atoms with Gasteiger partial charge in [-0.15, -0.1) is 4.83 Å². The fourth-order valence-electron chi connectivity index (χ4n) is 1.93. The predicted octanol–water partition coefficient (Wildman–Crippen LogP) is 1.24. The van der Waals surface area contributed by atoms with Gasteiger partial charge >= 0.3 is 0 Å². The molecule has 0 heterocycles. The summed E-state index contributed by atoms with van der Waals surface area (Å²) in [5.74, 6) is -0.0341. The van der Waals surface area contributed by atoms with E-state index >= 15 is 0 Å². The first-order chi connectivity index (χ1) is 12.3. The molecule has 11 heteroatoms. The molecule has 0 aliphatic carbocycles. The summed E-state index contributed by atoms with van der Waals surface area (Å²) in [7, 11) is -1.28. The van der Waals surface area contributed by atoms with Gasteiger partial charge in [-0.2, -0.15) is 0 Å². The highest BCUT2D eigenvalue weighted by molar-refractivity contribution is 7.89. The van der Waals surface area contributed by atoms with Crippen LogP contribution in [0.4, 0.5) is 5.69 Å². The molecule has 2 aromatic rings. The number of methoxy groups -OCH3 is 2. The van der Waals surface area contributed by atoms with Crippen molar-refractivity contribution >= 4 is 21.6 Å². The minimum atomic E-state index is -4.10.